The first-order valence-corrected chi connectivity index (χ1v) is 9.10. The van der Waals surface area contributed by atoms with E-state index in [1.165, 1.54) is 11.2 Å². The van der Waals surface area contributed by atoms with E-state index in [4.69, 9.17) is 9.15 Å². The van der Waals surface area contributed by atoms with Gasteiger partial charge in [0.05, 0.1) is 18.9 Å². The average Bonchev–Trinajstić information content (AvgIpc) is 3.37. The number of carbonyl (C=O) groups is 2. The fourth-order valence-corrected chi connectivity index (χ4v) is 3.50. The fraction of sp³-hybridized carbons (Fsp3) is 0.130. The SMILES string of the molecule is COc1cccc(CN2C(=O)C(=O)/C(=C(\O)c3ccccc3)C2c2ccco2)c1. The minimum atomic E-state index is -0.823. The molecule has 6 heteroatoms. The Kier molecular flexibility index (Phi) is 4.91. The number of hydrogen-bond donors (Lipinski definition) is 1. The lowest BCUT2D eigenvalue weighted by atomic mass is 9.99. The van der Waals surface area contributed by atoms with Crippen molar-refractivity contribution in [2.45, 2.75) is 12.6 Å². The van der Waals surface area contributed by atoms with E-state index in [1.807, 2.05) is 18.2 Å². The summed E-state index contributed by atoms with van der Waals surface area (Å²) in [5, 5.41) is 10.9. The highest BCUT2D eigenvalue weighted by Crippen LogP contribution is 2.40. The maximum Gasteiger partial charge on any atom is 0.296 e. The molecule has 0 aliphatic carbocycles. The first-order valence-electron chi connectivity index (χ1n) is 9.10. The van der Waals surface area contributed by atoms with Crippen LogP contribution in [0.4, 0.5) is 0 Å². The van der Waals surface area contributed by atoms with Gasteiger partial charge >= 0.3 is 0 Å². The van der Waals surface area contributed by atoms with Gasteiger partial charge in [-0.3, -0.25) is 9.59 Å². The van der Waals surface area contributed by atoms with E-state index in [1.54, 1.807) is 55.6 Å². The monoisotopic (exact) mass is 389 g/mol. The Labute approximate surface area is 167 Å². The standard InChI is InChI=1S/C23H19NO5/c1-28-17-10-5-7-15(13-17)14-24-20(18-11-6-12-29-18)19(22(26)23(24)27)21(25)16-8-3-2-4-9-16/h2-13,20,25H,14H2,1H3/b21-19-. The normalized spacial score (nSPS) is 18.2. The maximum atomic E-state index is 12.9. The zero-order valence-electron chi connectivity index (χ0n) is 15.7. The number of amides is 1. The second kappa shape index (κ2) is 7.67. The average molecular weight is 389 g/mol. The second-order valence-corrected chi connectivity index (χ2v) is 6.66. The van der Waals surface area contributed by atoms with Crippen LogP contribution in [0.2, 0.25) is 0 Å². The molecule has 0 radical (unpaired) electrons. The summed E-state index contributed by atoms with van der Waals surface area (Å²) in [7, 11) is 1.56. The van der Waals surface area contributed by atoms with Crippen LogP contribution in [0.15, 0.2) is 83.0 Å². The third kappa shape index (κ3) is 3.40. The van der Waals surface area contributed by atoms with E-state index >= 15 is 0 Å². The van der Waals surface area contributed by atoms with Crippen molar-refractivity contribution < 1.29 is 23.8 Å². The molecule has 2 aromatic carbocycles. The quantitative estimate of drug-likeness (QED) is 0.407. The molecule has 1 atom stereocenters. The molecule has 1 aliphatic heterocycles. The van der Waals surface area contributed by atoms with Gasteiger partial charge in [0.15, 0.2) is 0 Å². The van der Waals surface area contributed by atoms with Gasteiger partial charge in [-0.05, 0) is 29.8 Å². The third-order valence-electron chi connectivity index (χ3n) is 4.89. The molecular weight excluding hydrogens is 370 g/mol. The third-order valence-corrected chi connectivity index (χ3v) is 4.89. The van der Waals surface area contributed by atoms with Gasteiger partial charge in [-0.25, -0.2) is 0 Å². The van der Waals surface area contributed by atoms with E-state index in [0.717, 1.165) is 5.56 Å². The van der Waals surface area contributed by atoms with Crippen LogP contribution < -0.4 is 4.74 Å². The first kappa shape index (κ1) is 18.6. The minimum absolute atomic E-state index is 0.0130. The van der Waals surface area contributed by atoms with Gasteiger partial charge in [-0.1, -0.05) is 42.5 Å². The number of aliphatic hydroxyl groups is 1. The van der Waals surface area contributed by atoms with Gasteiger partial charge in [-0.2, -0.15) is 0 Å². The molecule has 6 nitrogen and oxygen atoms in total. The summed E-state index contributed by atoms with van der Waals surface area (Å²) in [6, 6.07) is 18.5. The number of nitrogens with zero attached hydrogens (tertiary/aromatic N) is 1. The summed E-state index contributed by atoms with van der Waals surface area (Å²) < 4.78 is 10.8. The molecule has 1 fully saturated rings. The Morgan fingerprint density at radius 1 is 1.07 bits per heavy atom. The number of rotatable bonds is 5. The van der Waals surface area contributed by atoms with Gasteiger partial charge in [-0.15, -0.1) is 0 Å². The van der Waals surface area contributed by atoms with Crippen molar-refractivity contribution in [3.05, 3.63) is 95.5 Å². The van der Waals surface area contributed by atoms with Crippen LogP contribution in [-0.2, 0) is 16.1 Å². The van der Waals surface area contributed by atoms with Crippen molar-refractivity contribution in [1.29, 1.82) is 0 Å². The molecule has 1 amide bonds. The van der Waals surface area contributed by atoms with Crippen molar-refractivity contribution in [2.75, 3.05) is 7.11 Å². The van der Waals surface area contributed by atoms with Crippen LogP contribution in [0.1, 0.15) is 22.9 Å². The summed E-state index contributed by atoms with van der Waals surface area (Å²) in [6.07, 6.45) is 1.48. The summed E-state index contributed by atoms with van der Waals surface area (Å²) in [5.41, 5.74) is 1.27. The molecule has 0 saturated carbocycles. The first-order chi connectivity index (χ1) is 14.1. The molecule has 1 N–H and O–H groups in total. The Hall–Kier alpha value is -3.80. The highest BCUT2D eigenvalue weighted by Gasteiger charge is 2.47. The predicted octanol–water partition coefficient (Wildman–Crippen LogP) is 3.91. The molecule has 3 aromatic rings. The van der Waals surface area contributed by atoms with Gasteiger partial charge in [0.2, 0.25) is 0 Å². The Morgan fingerprint density at radius 2 is 1.86 bits per heavy atom. The molecule has 2 heterocycles. The van der Waals surface area contributed by atoms with E-state index < -0.39 is 17.7 Å². The second-order valence-electron chi connectivity index (χ2n) is 6.66. The number of benzene rings is 2. The zero-order chi connectivity index (χ0) is 20.4. The van der Waals surface area contributed by atoms with Crippen molar-refractivity contribution in [3.8, 4) is 5.75 Å². The summed E-state index contributed by atoms with van der Waals surface area (Å²) in [6.45, 7) is 0.165. The molecule has 4 rings (SSSR count). The number of methoxy groups -OCH3 is 1. The fourth-order valence-electron chi connectivity index (χ4n) is 3.50. The van der Waals surface area contributed by atoms with Gasteiger partial charge in [0.25, 0.3) is 11.7 Å². The largest absolute Gasteiger partial charge is 0.507 e. The van der Waals surface area contributed by atoms with Crippen LogP contribution >= 0.6 is 0 Å². The zero-order valence-corrected chi connectivity index (χ0v) is 15.7. The van der Waals surface area contributed by atoms with Crippen LogP contribution in [0.3, 0.4) is 0 Å². The van der Waals surface area contributed by atoms with E-state index in [9.17, 15) is 14.7 Å². The number of furan rings is 1. The number of carbonyl (C=O) groups excluding carboxylic acids is 2. The molecule has 0 bridgehead atoms. The van der Waals surface area contributed by atoms with Crippen LogP contribution in [0.25, 0.3) is 5.76 Å². The minimum Gasteiger partial charge on any atom is -0.507 e. The van der Waals surface area contributed by atoms with Crippen molar-refractivity contribution in [1.82, 2.24) is 4.90 Å². The van der Waals surface area contributed by atoms with Crippen LogP contribution in [0, 0.1) is 0 Å². The number of ether oxygens (including phenoxy) is 1. The van der Waals surface area contributed by atoms with Crippen LogP contribution in [-0.4, -0.2) is 28.8 Å². The lowest BCUT2D eigenvalue weighted by molar-refractivity contribution is -0.140. The van der Waals surface area contributed by atoms with Gasteiger partial charge in [0.1, 0.15) is 23.3 Å². The molecule has 0 spiro atoms. The number of hydrogen-bond acceptors (Lipinski definition) is 5. The Bertz CT molecular complexity index is 1070. The van der Waals surface area contributed by atoms with Crippen molar-refractivity contribution in [3.63, 3.8) is 0 Å². The highest BCUT2D eigenvalue weighted by molar-refractivity contribution is 6.46. The van der Waals surface area contributed by atoms with Gasteiger partial charge < -0.3 is 19.2 Å². The molecule has 1 aliphatic rings. The number of aliphatic hydroxyl groups excluding tert-OH is 1. The molecule has 29 heavy (non-hydrogen) atoms. The summed E-state index contributed by atoms with van der Waals surface area (Å²) >= 11 is 0. The molecule has 1 unspecified atom stereocenters. The lowest BCUT2D eigenvalue weighted by Gasteiger charge is -2.23. The van der Waals surface area contributed by atoms with Crippen LogP contribution in [0.5, 0.6) is 5.75 Å². The summed E-state index contributed by atoms with van der Waals surface area (Å²) in [4.78, 5) is 27.2. The van der Waals surface area contributed by atoms with E-state index in [0.29, 0.717) is 17.1 Å². The molecule has 1 aromatic heterocycles. The topological polar surface area (TPSA) is 80.0 Å². The maximum absolute atomic E-state index is 12.9. The Balaban J connectivity index is 1.81. The number of ketones is 1. The van der Waals surface area contributed by atoms with E-state index in [2.05, 4.69) is 0 Å². The van der Waals surface area contributed by atoms with E-state index in [-0.39, 0.29) is 17.9 Å². The Morgan fingerprint density at radius 3 is 2.55 bits per heavy atom. The highest BCUT2D eigenvalue weighted by atomic mass is 16.5. The van der Waals surface area contributed by atoms with Crippen molar-refractivity contribution >= 4 is 17.4 Å². The smallest absolute Gasteiger partial charge is 0.296 e. The summed E-state index contributed by atoms with van der Waals surface area (Å²) in [5.74, 6) is -0.594. The van der Waals surface area contributed by atoms with Crippen molar-refractivity contribution in [2.24, 2.45) is 0 Å². The number of Topliss-reactive ketones (excluding diaryl/α,β-unsaturated/α-hetero) is 1. The number of likely N-dealkylation sites (tertiary alicyclic amines) is 1. The molecule has 1 saturated heterocycles. The lowest BCUT2D eigenvalue weighted by Crippen LogP contribution is -2.29. The van der Waals surface area contributed by atoms with Gasteiger partial charge in [0, 0.05) is 12.1 Å². The predicted molar refractivity (Wildman–Crippen MR) is 106 cm³/mol. The molecular formula is C23H19NO5. The molecule has 146 valence electrons.